The summed E-state index contributed by atoms with van der Waals surface area (Å²) in [6.45, 7) is 4.31. The Morgan fingerprint density at radius 2 is 2.35 bits per heavy atom. The molecule has 5 heteroatoms. The quantitative estimate of drug-likeness (QED) is 0.832. The van der Waals surface area contributed by atoms with Gasteiger partial charge in [-0.3, -0.25) is 9.67 Å². The van der Waals surface area contributed by atoms with E-state index in [1.807, 2.05) is 0 Å². The average molecular weight is 267 g/mol. The molecule has 0 amide bonds. The molecule has 0 aliphatic carbocycles. The molecule has 2 rings (SSSR count). The van der Waals surface area contributed by atoms with Crippen molar-refractivity contribution in [3.05, 3.63) is 33.0 Å². The molecule has 0 aromatic carbocycles. The lowest BCUT2D eigenvalue weighted by Crippen LogP contribution is -2.12. The first kappa shape index (κ1) is 12.5. The normalized spacial score (nSPS) is 12.8. The van der Waals surface area contributed by atoms with Crippen molar-refractivity contribution in [1.29, 1.82) is 0 Å². The Bertz CT molecular complexity index is 510. The molecule has 0 saturated carbocycles. The molecule has 0 saturated heterocycles. The molecule has 0 fully saturated rings. The maximum absolute atomic E-state index is 5.35. The topological polar surface area (TPSA) is 33.6 Å². The van der Waals surface area contributed by atoms with Gasteiger partial charge in [-0.2, -0.15) is 5.10 Å². The van der Waals surface area contributed by atoms with Gasteiger partial charge in [0.2, 0.25) is 0 Å². The third-order valence-electron chi connectivity index (χ3n) is 2.84. The van der Waals surface area contributed by atoms with Crippen LogP contribution in [0.1, 0.15) is 43.4 Å². The molecule has 2 aromatic heterocycles. The Hall–Kier alpha value is -0.940. The smallest absolute Gasteiger partial charge is 0.195 e. The van der Waals surface area contributed by atoms with Gasteiger partial charge in [-0.05, 0) is 30.1 Å². The Kier molecular flexibility index (Phi) is 4.12. The van der Waals surface area contributed by atoms with Crippen molar-refractivity contribution in [2.75, 3.05) is 0 Å². The number of thiophene rings is 1. The van der Waals surface area contributed by atoms with E-state index < -0.39 is 0 Å². The van der Waals surface area contributed by atoms with Crippen LogP contribution in [0.4, 0.5) is 0 Å². The Labute approximate surface area is 111 Å². The van der Waals surface area contributed by atoms with Gasteiger partial charge in [0.15, 0.2) is 4.77 Å². The third-order valence-corrected chi connectivity index (χ3v) is 4.10. The summed E-state index contributed by atoms with van der Waals surface area (Å²) < 4.78 is 2.90. The van der Waals surface area contributed by atoms with Crippen molar-refractivity contribution in [1.82, 2.24) is 14.8 Å². The van der Waals surface area contributed by atoms with Crippen LogP contribution in [0.15, 0.2) is 17.5 Å². The summed E-state index contributed by atoms with van der Waals surface area (Å²) in [5.41, 5.74) is 0. The van der Waals surface area contributed by atoms with E-state index in [1.54, 1.807) is 11.3 Å². The fraction of sp³-hybridized carbons (Fsp3) is 0.500. The van der Waals surface area contributed by atoms with E-state index in [1.165, 1.54) is 4.88 Å². The van der Waals surface area contributed by atoms with Crippen molar-refractivity contribution in [2.24, 2.45) is 0 Å². The van der Waals surface area contributed by atoms with Crippen molar-refractivity contribution in [3.63, 3.8) is 0 Å². The lowest BCUT2D eigenvalue weighted by atomic mass is 10.1. The number of aryl methyl sites for hydroxylation is 1. The number of aromatic nitrogens is 3. The predicted octanol–water partition coefficient (Wildman–Crippen LogP) is 3.95. The lowest BCUT2D eigenvalue weighted by Gasteiger charge is -2.18. The van der Waals surface area contributed by atoms with Crippen LogP contribution in [0.5, 0.6) is 0 Å². The van der Waals surface area contributed by atoms with Crippen molar-refractivity contribution in [3.8, 4) is 0 Å². The summed E-state index contributed by atoms with van der Waals surface area (Å²) in [5, 5.41) is 9.33. The van der Waals surface area contributed by atoms with E-state index in [2.05, 4.69) is 46.1 Å². The molecule has 0 radical (unpaired) electrons. The van der Waals surface area contributed by atoms with Gasteiger partial charge in [-0.15, -0.1) is 11.3 Å². The first-order valence-corrected chi connectivity index (χ1v) is 7.25. The van der Waals surface area contributed by atoms with Gasteiger partial charge in [0.05, 0.1) is 6.04 Å². The predicted molar refractivity (Wildman–Crippen MR) is 74.2 cm³/mol. The summed E-state index contributed by atoms with van der Waals surface area (Å²) in [6.07, 6.45) is 3.14. The van der Waals surface area contributed by atoms with E-state index in [-0.39, 0.29) is 0 Å². The minimum Gasteiger partial charge on any atom is -0.296 e. The van der Waals surface area contributed by atoms with E-state index >= 15 is 0 Å². The second-order valence-electron chi connectivity index (χ2n) is 3.99. The number of nitrogens with one attached hydrogen (secondary N) is 1. The van der Waals surface area contributed by atoms with Crippen LogP contribution in [-0.2, 0) is 6.42 Å². The van der Waals surface area contributed by atoms with Gasteiger partial charge >= 0.3 is 0 Å². The zero-order chi connectivity index (χ0) is 12.3. The van der Waals surface area contributed by atoms with Crippen LogP contribution < -0.4 is 0 Å². The van der Waals surface area contributed by atoms with Gasteiger partial charge in [0, 0.05) is 11.3 Å². The number of hydrogen-bond acceptors (Lipinski definition) is 3. The van der Waals surface area contributed by atoms with Gasteiger partial charge in [-0.25, -0.2) is 0 Å². The molecule has 1 unspecified atom stereocenters. The van der Waals surface area contributed by atoms with Crippen LogP contribution in [0, 0.1) is 4.77 Å². The number of H-pyrrole nitrogens is 1. The molecule has 1 atom stereocenters. The number of rotatable bonds is 5. The van der Waals surface area contributed by atoms with Gasteiger partial charge in [0.25, 0.3) is 0 Å². The van der Waals surface area contributed by atoms with E-state index in [4.69, 9.17) is 12.2 Å². The highest BCUT2D eigenvalue weighted by Crippen LogP contribution is 2.28. The number of aromatic amines is 1. The summed E-state index contributed by atoms with van der Waals surface area (Å²) in [7, 11) is 0. The van der Waals surface area contributed by atoms with Gasteiger partial charge in [0.1, 0.15) is 5.82 Å². The molecule has 0 bridgehead atoms. The minimum atomic E-state index is 0.334. The van der Waals surface area contributed by atoms with E-state index in [0.29, 0.717) is 6.04 Å². The first-order chi connectivity index (χ1) is 8.27. The summed E-state index contributed by atoms with van der Waals surface area (Å²) >= 11 is 7.14. The molecule has 3 nitrogen and oxygen atoms in total. The third kappa shape index (κ3) is 2.50. The second-order valence-corrected chi connectivity index (χ2v) is 5.35. The van der Waals surface area contributed by atoms with Crippen LogP contribution in [-0.4, -0.2) is 14.8 Å². The molecule has 0 aliphatic heterocycles. The molecule has 17 heavy (non-hydrogen) atoms. The maximum Gasteiger partial charge on any atom is 0.195 e. The molecule has 1 N–H and O–H groups in total. The Morgan fingerprint density at radius 1 is 1.53 bits per heavy atom. The zero-order valence-corrected chi connectivity index (χ0v) is 11.8. The van der Waals surface area contributed by atoms with E-state index in [9.17, 15) is 0 Å². The molecular weight excluding hydrogens is 250 g/mol. The van der Waals surface area contributed by atoms with Crippen molar-refractivity contribution < 1.29 is 0 Å². The van der Waals surface area contributed by atoms with Gasteiger partial charge in [-0.1, -0.05) is 26.3 Å². The maximum atomic E-state index is 5.35. The molecule has 0 aliphatic rings. The molecule has 2 aromatic rings. The lowest BCUT2D eigenvalue weighted by molar-refractivity contribution is 0.517. The Balaban J connectivity index is 2.45. The molecule has 2 heterocycles. The van der Waals surface area contributed by atoms with Crippen LogP contribution >= 0.6 is 23.6 Å². The fourth-order valence-electron chi connectivity index (χ4n) is 2.06. The summed E-state index contributed by atoms with van der Waals surface area (Å²) in [4.78, 5) is 1.36. The van der Waals surface area contributed by atoms with Crippen molar-refractivity contribution in [2.45, 2.75) is 39.2 Å². The minimum absolute atomic E-state index is 0.334. The van der Waals surface area contributed by atoms with Crippen LogP contribution in [0.25, 0.3) is 0 Å². The number of nitrogens with zero attached hydrogens (tertiary/aromatic N) is 2. The molecule has 0 spiro atoms. The highest BCUT2D eigenvalue weighted by Gasteiger charge is 2.18. The summed E-state index contributed by atoms with van der Waals surface area (Å²) in [6, 6.07) is 4.61. The van der Waals surface area contributed by atoms with Crippen LogP contribution in [0.2, 0.25) is 0 Å². The van der Waals surface area contributed by atoms with Gasteiger partial charge < -0.3 is 0 Å². The largest absolute Gasteiger partial charge is 0.296 e. The highest BCUT2D eigenvalue weighted by molar-refractivity contribution is 7.71. The van der Waals surface area contributed by atoms with Crippen LogP contribution in [0.3, 0.4) is 0 Å². The van der Waals surface area contributed by atoms with Crippen molar-refractivity contribution >= 4 is 23.6 Å². The molecular formula is C12H17N3S2. The fourth-order valence-corrected chi connectivity index (χ4v) is 3.19. The first-order valence-electron chi connectivity index (χ1n) is 5.97. The Morgan fingerprint density at radius 3 is 2.94 bits per heavy atom. The summed E-state index contributed by atoms with van der Waals surface area (Å²) in [5.74, 6) is 1.04. The zero-order valence-electron chi connectivity index (χ0n) is 10.1. The monoisotopic (exact) mass is 267 g/mol. The molecule has 92 valence electrons. The SMILES string of the molecule is CCCC(c1cccs1)n1c(CC)n[nH]c1=S. The average Bonchev–Trinajstić information content (AvgIpc) is 2.95. The van der Waals surface area contributed by atoms with E-state index in [0.717, 1.165) is 29.9 Å². The highest BCUT2D eigenvalue weighted by atomic mass is 32.1. The standard InChI is InChI=1S/C12H17N3S2/c1-3-6-9(10-7-5-8-17-10)15-11(4-2)13-14-12(15)16/h5,7-9H,3-4,6H2,1-2H3,(H,14,16). The second kappa shape index (κ2) is 5.60. The number of hydrogen-bond donors (Lipinski definition) is 1.